The second-order valence-corrected chi connectivity index (χ2v) is 6.67. The van der Waals surface area contributed by atoms with Gasteiger partial charge in [-0.2, -0.15) is 0 Å². The van der Waals surface area contributed by atoms with Crippen LogP contribution in [0.1, 0.15) is 84.5 Å². The first-order chi connectivity index (χ1) is 11.5. The summed E-state index contributed by atoms with van der Waals surface area (Å²) in [5, 5.41) is 12.5. The molecule has 1 unspecified atom stereocenters. The van der Waals surface area contributed by atoms with Gasteiger partial charge in [-0.05, 0) is 26.2 Å². The largest absolute Gasteiger partial charge is 0.480 e. The van der Waals surface area contributed by atoms with Crippen LogP contribution in [0.25, 0.3) is 0 Å². The van der Waals surface area contributed by atoms with E-state index >= 15 is 0 Å². The van der Waals surface area contributed by atoms with E-state index < -0.39 is 12.0 Å². The Morgan fingerprint density at radius 3 is 2.12 bits per heavy atom. The number of nitrogens with one attached hydrogen (secondary N) is 1. The maximum absolute atomic E-state index is 11.3. The highest BCUT2D eigenvalue weighted by atomic mass is 16.4. The van der Waals surface area contributed by atoms with E-state index in [1.54, 1.807) is 0 Å². The highest BCUT2D eigenvalue weighted by Crippen LogP contribution is 2.11. The average Bonchev–Trinajstić information content (AvgIpc) is 2.52. The van der Waals surface area contributed by atoms with Gasteiger partial charge in [-0.15, -0.1) is 0 Å². The molecule has 0 bridgehead atoms. The zero-order chi connectivity index (χ0) is 18.2. The van der Waals surface area contributed by atoms with Gasteiger partial charge in [-0.25, -0.2) is 0 Å². The SMILES string of the molecule is CCCCCCCCCCC(C)N[C@@H](CCCN=C(N)N)C(=O)O. The van der Waals surface area contributed by atoms with Crippen molar-refractivity contribution in [3.05, 3.63) is 0 Å². The number of guanidine groups is 1. The normalized spacial score (nSPS) is 13.4. The number of nitrogens with two attached hydrogens (primary N) is 2. The first-order valence-electron chi connectivity index (χ1n) is 9.51. The summed E-state index contributed by atoms with van der Waals surface area (Å²) in [7, 11) is 0. The molecule has 0 fully saturated rings. The number of carbonyl (C=O) groups is 1. The summed E-state index contributed by atoms with van der Waals surface area (Å²) in [6.07, 6.45) is 12.6. The third-order valence-electron chi connectivity index (χ3n) is 4.22. The molecule has 0 spiro atoms. The van der Waals surface area contributed by atoms with E-state index in [4.69, 9.17) is 11.5 Å². The number of hydrogen-bond acceptors (Lipinski definition) is 3. The minimum Gasteiger partial charge on any atom is -0.480 e. The fourth-order valence-corrected chi connectivity index (χ4v) is 2.79. The number of rotatable bonds is 16. The van der Waals surface area contributed by atoms with E-state index in [2.05, 4.69) is 24.2 Å². The smallest absolute Gasteiger partial charge is 0.320 e. The van der Waals surface area contributed by atoms with Gasteiger partial charge in [0.1, 0.15) is 6.04 Å². The van der Waals surface area contributed by atoms with Gasteiger partial charge in [0.15, 0.2) is 5.96 Å². The number of carboxylic acid groups (broad SMARTS) is 1. The van der Waals surface area contributed by atoms with Crippen LogP contribution in [0.2, 0.25) is 0 Å². The summed E-state index contributed by atoms with van der Waals surface area (Å²) >= 11 is 0. The molecule has 2 atom stereocenters. The van der Waals surface area contributed by atoms with Crippen molar-refractivity contribution in [2.45, 2.75) is 96.6 Å². The highest BCUT2D eigenvalue weighted by molar-refractivity contribution is 5.75. The maximum Gasteiger partial charge on any atom is 0.320 e. The van der Waals surface area contributed by atoms with Gasteiger partial charge in [-0.1, -0.05) is 58.3 Å². The Morgan fingerprint density at radius 1 is 1.00 bits per heavy atom. The van der Waals surface area contributed by atoms with E-state index in [-0.39, 0.29) is 12.0 Å². The lowest BCUT2D eigenvalue weighted by Crippen LogP contribution is -2.42. The van der Waals surface area contributed by atoms with Crippen LogP contribution in [0.5, 0.6) is 0 Å². The number of unbranched alkanes of at least 4 members (excludes halogenated alkanes) is 7. The summed E-state index contributed by atoms with van der Waals surface area (Å²) in [5.41, 5.74) is 10.5. The molecule has 0 radical (unpaired) electrons. The molecule has 0 aromatic carbocycles. The Bertz CT molecular complexity index is 344. The molecule has 0 aromatic rings. The second kappa shape index (κ2) is 15.2. The van der Waals surface area contributed by atoms with Gasteiger partial charge in [0.2, 0.25) is 0 Å². The Hall–Kier alpha value is -1.30. The van der Waals surface area contributed by atoms with Crippen LogP contribution in [0.3, 0.4) is 0 Å². The van der Waals surface area contributed by atoms with E-state index in [0.717, 1.165) is 12.8 Å². The Labute approximate surface area is 147 Å². The summed E-state index contributed by atoms with van der Waals surface area (Å²) in [5.74, 6) is -0.750. The summed E-state index contributed by atoms with van der Waals surface area (Å²) in [6.45, 7) is 4.77. The fraction of sp³-hybridized carbons (Fsp3) is 0.889. The predicted molar refractivity (Wildman–Crippen MR) is 101 cm³/mol. The van der Waals surface area contributed by atoms with Crippen molar-refractivity contribution in [1.82, 2.24) is 5.32 Å². The van der Waals surface area contributed by atoms with E-state index in [1.807, 2.05) is 0 Å². The van der Waals surface area contributed by atoms with E-state index in [9.17, 15) is 9.90 Å². The van der Waals surface area contributed by atoms with Gasteiger partial charge in [0.05, 0.1) is 0 Å². The van der Waals surface area contributed by atoms with Crippen molar-refractivity contribution in [2.24, 2.45) is 16.5 Å². The fourth-order valence-electron chi connectivity index (χ4n) is 2.79. The number of carboxylic acids is 1. The van der Waals surface area contributed by atoms with Crippen LogP contribution in [0, 0.1) is 0 Å². The molecule has 6 nitrogen and oxygen atoms in total. The molecule has 0 heterocycles. The third-order valence-corrected chi connectivity index (χ3v) is 4.22. The number of aliphatic imine (C=N–C) groups is 1. The molecule has 0 amide bonds. The summed E-state index contributed by atoms with van der Waals surface area (Å²) in [6, 6.07) is -0.308. The highest BCUT2D eigenvalue weighted by Gasteiger charge is 2.18. The van der Waals surface area contributed by atoms with Crippen molar-refractivity contribution in [3.63, 3.8) is 0 Å². The van der Waals surface area contributed by atoms with Gasteiger partial charge in [-0.3, -0.25) is 9.79 Å². The molecule has 0 aliphatic heterocycles. The predicted octanol–water partition coefficient (Wildman–Crippen LogP) is 3.00. The Morgan fingerprint density at radius 2 is 1.58 bits per heavy atom. The van der Waals surface area contributed by atoms with Crippen LogP contribution < -0.4 is 16.8 Å². The zero-order valence-electron chi connectivity index (χ0n) is 15.6. The lowest BCUT2D eigenvalue weighted by molar-refractivity contribution is -0.139. The zero-order valence-corrected chi connectivity index (χ0v) is 15.6. The van der Waals surface area contributed by atoms with Gasteiger partial charge in [0, 0.05) is 12.6 Å². The lowest BCUT2D eigenvalue weighted by atomic mass is 10.0. The number of nitrogens with zero attached hydrogens (tertiary/aromatic N) is 1. The molecule has 0 aliphatic carbocycles. The van der Waals surface area contributed by atoms with Crippen LogP contribution in [-0.2, 0) is 4.79 Å². The molecule has 0 rings (SSSR count). The third kappa shape index (κ3) is 14.3. The van der Waals surface area contributed by atoms with Gasteiger partial charge in [0.25, 0.3) is 0 Å². The Kier molecular flexibility index (Phi) is 14.4. The van der Waals surface area contributed by atoms with Crippen molar-refractivity contribution in [3.8, 4) is 0 Å². The molecule has 6 N–H and O–H groups in total. The molecule has 142 valence electrons. The summed E-state index contributed by atoms with van der Waals surface area (Å²) in [4.78, 5) is 15.2. The van der Waals surface area contributed by atoms with Crippen molar-refractivity contribution in [2.75, 3.05) is 6.54 Å². The molecule has 0 saturated heterocycles. The molecule has 0 aromatic heterocycles. The monoisotopic (exact) mass is 342 g/mol. The van der Waals surface area contributed by atoms with Crippen LogP contribution >= 0.6 is 0 Å². The van der Waals surface area contributed by atoms with Crippen molar-refractivity contribution in [1.29, 1.82) is 0 Å². The standard InChI is InChI=1S/C18H38N4O2/c1-3-4-5-6-7-8-9-10-12-15(2)22-16(17(23)24)13-11-14-21-18(19)20/h15-16,22H,3-14H2,1-2H3,(H,23,24)(H4,19,20,21)/t15?,16-/m0/s1. The quantitative estimate of drug-likeness (QED) is 0.196. The van der Waals surface area contributed by atoms with Crippen LogP contribution in [0.4, 0.5) is 0 Å². The molecular formula is C18H38N4O2. The first-order valence-corrected chi connectivity index (χ1v) is 9.51. The van der Waals surface area contributed by atoms with Gasteiger partial charge >= 0.3 is 5.97 Å². The molecular weight excluding hydrogens is 304 g/mol. The maximum atomic E-state index is 11.3. The molecule has 24 heavy (non-hydrogen) atoms. The van der Waals surface area contributed by atoms with Crippen LogP contribution in [0.15, 0.2) is 4.99 Å². The van der Waals surface area contributed by atoms with Crippen molar-refractivity contribution < 1.29 is 9.90 Å². The number of hydrogen-bond donors (Lipinski definition) is 4. The van der Waals surface area contributed by atoms with Gasteiger partial charge < -0.3 is 21.9 Å². The molecule has 0 aliphatic rings. The minimum absolute atomic E-state index is 0.0536. The minimum atomic E-state index is -0.803. The van der Waals surface area contributed by atoms with E-state index in [1.165, 1.54) is 44.9 Å². The first kappa shape index (κ1) is 22.7. The summed E-state index contributed by atoms with van der Waals surface area (Å²) < 4.78 is 0. The average molecular weight is 343 g/mol. The van der Waals surface area contributed by atoms with E-state index in [0.29, 0.717) is 19.4 Å². The van der Waals surface area contributed by atoms with Crippen LogP contribution in [-0.4, -0.2) is 35.7 Å². The topological polar surface area (TPSA) is 114 Å². The van der Waals surface area contributed by atoms with Crippen molar-refractivity contribution >= 4 is 11.9 Å². The molecule has 0 saturated carbocycles. The number of aliphatic carboxylic acids is 1. The second-order valence-electron chi connectivity index (χ2n) is 6.67. The Balaban J connectivity index is 3.77. The molecule has 6 heteroatoms. The lowest BCUT2D eigenvalue weighted by Gasteiger charge is -2.20.